The van der Waals surface area contributed by atoms with Gasteiger partial charge in [0.15, 0.2) is 0 Å². The lowest BCUT2D eigenvalue weighted by Gasteiger charge is -2.19. The summed E-state index contributed by atoms with van der Waals surface area (Å²) in [6.45, 7) is -0.938. The maximum absolute atomic E-state index is 12.7. The van der Waals surface area contributed by atoms with Crippen LogP contribution in [0.5, 0.6) is 0 Å². The summed E-state index contributed by atoms with van der Waals surface area (Å²) in [7, 11) is -3.89. The third kappa shape index (κ3) is 4.74. The molecule has 0 saturated carbocycles. The van der Waals surface area contributed by atoms with E-state index in [9.17, 15) is 21.6 Å². The normalized spacial score (nSPS) is 14.6. The van der Waals surface area contributed by atoms with Crippen LogP contribution in [0.3, 0.4) is 0 Å². The summed E-state index contributed by atoms with van der Waals surface area (Å²) >= 11 is 0. The molecule has 1 rings (SSSR count). The van der Waals surface area contributed by atoms with E-state index < -0.39 is 28.8 Å². The minimum absolute atomic E-state index is 0.0244. The largest absolute Gasteiger partial charge is 0.398 e. The number of hydrogen-bond donors (Lipinski definition) is 0. The Kier molecular flexibility index (Phi) is 4.16. The van der Waals surface area contributed by atoms with E-state index in [4.69, 9.17) is 0 Å². The molecular weight excluding hydrogens is 257 g/mol. The van der Waals surface area contributed by atoms with Crippen LogP contribution >= 0.6 is 0 Å². The molecule has 0 amide bonds. The van der Waals surface area contributed by atoms with Gasteiger partial charge in [0.2, 0.25) is 0 Å². The first-order chi connectivity index (χ1) is 7.70. The molecule has 0 saturated heterocycles. The van der Waals surface area contributed by atoms with E-state index in [0.717, 1.165) is 0 Å². The van der Waals surface area contributed by atoms with Crippen molar-refractivity contribution in [3.63, 3.8) is 0 Å². The van der Waals surface area contributed by atoms with Gasteiger partial charge in [-0.05, 0) is 5.56 Å². The van der Waals surface area contributed by atoms with Crippen LogP contribution in [-0.4, -0.2) is 27.5 Å². The standard InChI is InChI=1S/C10H11F3O3S/c1-17(14,15)16-7-9(10(11,12)13)8-5-3-2-4-6-8/h2-6,9H,7H2,1H3. The predicted molar refractivity (Wildman–Crippen MR) is 56.0 cm³/mol. The van der Waals surface area contributed by atoms with Gasteiger partial charge in [-0.1, -0.05) is 30.3 Å². The van der Waals surface area contributed by atoms with Crippen LogP contribution in [0, 0.1) is 0 Å². The molecule has 0 bridgehead atoms. The van der Waals surface area contributed by atoms with Gasteiger partial charge in [-0.15, -0.1) is 0 Å². The van der Waals surface area contributed by atoms with E-state index >= 15 is 0 Å². The molecule has 0 aliphatic rings. The van der Waals surface area contributed by atoms with Crippen LogP contribution in [0.15, 0.2) is 30.3 Å². The lowest BCUT2D eigenvalue weighted by Crippen LogP contribution is -2.26. The highest BCUT2D eigenvalue weighted by Crippen LogP contribution is 2.35. The highest BCUT2D eigenvalue weighted by Gasteiger charge is 2.41. The Labute approximate surface area is 97.3 Å². The topological polar surface area (TPSA) is 43.4 Å². The Morgan fingerprint density at radius 2 is 1.76 bits per heavy atom. The average molecular weight is 268 g/mol. The maximum Gasteiger partial charge on any atom is 0.398 e. The molecular formula is C10H11F3O3S. The van der Waals surface area contributed by atoms with Crippen molar-refractivity contribution in [3.05, 3.63) is 35.9 Å². The van der Waals surface area contributed by atoms with Crippen molar-refractivity contribution in [1.29, 1.82) is 0 Å². The zero-order valence-electron chi connectivity index (χ0n) is 8.94. The lowest BCUT2D eigenvalue weighted by atomic mass is 10.00. The van der Waals surface area contributed by atoms with Gasteiger partial charge in [-0.2, -0.15) is 21.6 Å². The minimum Gasteiger partial charge on any atom is -0.269 e. The van der Waals surface area contributed by atoms with Crippen LogP contribution in [0.2, 0.25) is 0 Å². The number of halogens is 3. The molecule has 0 radical (unpaired) electrons. The highest BCUT2D eigenvalue weighted by molar-refractivity contribution is 7.85. The molecule has 0 aromatic heterocycles. The molecule has 1 atom stereocenters. The van der Waals surface area contributed by atoms with E-state index in [1.54, 1.807) is 6.07 Å². The van der Waals surface area contributed by atoms with Gasteiger partial charge in [0.1, 0.15) is 5.92 Å². The second-order valence-corrected chi connectivity index (χ2v) is 5.14. The van der Waals surface area contributed by atoms with Crippen molar-refractivity contribution >= 4 is 10.1 Å². The first kappa shape index (κ1) is 14.0. The first-order valence-corrected chi connectivity index (χ1v) is 6.48. The van der Waals surface area contributed by atoms with E-state index in [1.807, 2.05) is 0 Å². The van der Waals surface area contributed by atoms with Gasteiger partial charge < -0.3 is 0 Å². The Hall–Kier alpha value is -1.08. The van der Waals surface area contributed by atoms with Crippen molar-refractivity contribution in [3.8, 4) is 0 Å². The zero-order chi connectivity index (χ0) is 13.1. The van der Waals surface area contributed by atoms with Crippen molar-refractivity contribution in [2.24, 2.45) is 0 Å². The second kappa shape index (κ2) is 5.05. The van der Waals surface area contributed by atoms with Gasteiger partial charge >= 0.3 is 6.18 Å². The summed E-state index contributed by atoms with van der Waals surface area (Å²) in [4.78, 5) is 0. The Morgan fingerprint density at radius 3 is 2.18 bits per heavy atom. The van der Waals surface area contributed by atoms with Gasteiger partial charge in [-0.3, -0.25) is 4.18 Å². The van der Waals surface area contributed by atoms with E-state index in [0.29, 0.717) is 6.26 Å². The van der Waals surface area contributed by atoms with Gasteiger partial charge in [-0.25, -0.2) is 0 Å². The molecule has 0 spiro atoms. The first-order valence-electron chi connectivity index (χ1n) is 4.66. The molecule has 0 aliphatic heterocycles. The molecule has 1 aromatic rings. The monoisotopic (exact) mass is 268 g/mol. The zero-order valence-corrected chi connectivity index (χ0v) is 9.75. The fraction of sp³-hybridized carbons (Fsp3) is 0.400. The number of benzene rings is 1. The maximum atomic E-state index is 12.7. The van der Waals surface area contributed by atoms with Crippen LogP contribution < -0.4 is 0 Å². The van der Waals surface area contributed by atoms with Gasteiger partial charge in [0, 0.05) is 0 Å². The summed E-state index contributed by atoms with van der Waals surface area (Å²) in [6, 6.07) is 7.05. The molecule has 17 heavy (non-hydrogen) atoms. The fourth-order valence-electron chi connectivity index (χ4n) is 1.26. The Bertz CT molecular complexity index is 453. The number of hydrogen-bond acceptors (Lipinski definition) is 3. The average Bonchev–Trinajstić information content (AvgIpc) is 2.15. The third-order valence-corrected chi connectivity index (χ3v) is 2.61. The van der Waals surface area contributed by atoms with Crippen LogP contribution in [0.1, 0.15) is 11.5 Å². The van der Waals surface area contributed by atoms with Crippen molar-refractivity contribution in [1.82, 2.24) is 0 Å². The molecule has 1 unspecified atom stereocenters. The summed E-state index contributed by atoms with van der Waals surface area (Å²) in [5.41, 5.74) is -0.0244. The minimum atomic E-state index is -4.55. The molecule has 7 heteroatoms. The lowest BCUT2D eigenvalue weighted by molar-refractivity contribution is -0.156. The quantitative estimate of drug-likeness (QED) is 0.787. The van der Waals surface area contributed by atoms with E-state index in [1.165, 1.54) is 24.3 Å². The number of rotatable bonds is 4. The molecule has 1 aromatic carbocycles. The number of alkyl halides is 3. The molecule has 0 aliphatic carbocycles. The summed E-state index contributed by atoms with van der Waals surface area (Å²) in [5, 5.41) is 0. The van der Waals surface area contributed by atoms with Gasteiger partial charge in [0.05, 0.1) is 12.9 Å². The highest BCUT2D eigenvalue weighted by atomic mass is 32.2. The Balaban J connectivity index is 2.91. The van der Waals surface area contributed by atoms with Crippen molar-refractivity contribution < 1.29 is 25.8 Å². The molecule has 3 nitrogen and oxygen atoms in total. The molecule has 96 valence electrons. The van der Waals surface area contributed by atoms with Crippen LogP contribution in [0.4, 0.5) is 13.2 Å². The summed E-state index contributed by atoms with van der Waals surface area (Å²) < 4.78 is 63.8. The summed E-state index contributed by atoms with van der Waals surface area (Å²) in [5.74, 6) is -1.95. The summed E-state index contributed by atoms with van der Waals surface area (Å²) in [6.07, 6.45) is -3.84. The molecule has 0 fully saturated rings. The van der Waals surface area contributed by atoms with E-state index in [2.05, 4.69) is 4.18 Å². The smallest absolute Gasteiger partial charge is 0.269 e. The van der Waals surface area contributed by atoms with Crippen molar-refractivity contribution in [2.45, 2.75) is 12.1 Å². The Morgan fingerprint density at radius 1 is 1.24 bits per heavy atom. The third-order valence-electron chi connectivity index (χ3n) is 2.05. The van der Waals surface area contributed by atoms with E-state index in [-0.39, 0.29) is 5.56 Å². The fourth-order valence-corrected chi connectivity index (χ4v) is 1.64. The molecule has 0 heterocycles. The van der Waals surface area contributed by atoms with Crippen LogP contribution in [0.25, 0.3) is 0 Å². The molecule has 0 N–H and O–H groups in total. The second-order valence-electron chi connectivity index (χ2n) is 3.49. The van der Waals surface area contributed by atoms with Crippen molar-refractivity contribution in [2.75, 3.05) is 12.9 Å². The van der Waals surface area contributed by atoms with Crippen LogP contribution in [-0.2, 0) is 14.3 Å². The van der Waals surface area contributed by atoms with Gasteiger partial charge in [0.25, 0.3) is 10.1 Å². The SMILES string of the molecule is CS(=O)(=O)OCC(c1ccccc1)C(F)(F)F. The predicted octanol–water partition coefficient (Wildman–Crippen LogP) is 2.31.